The molecule has 0 bridgehead atoms. The molecule has 1 heterocycles. The highest BCUT2D eigenvalue weighted by molar-refractivity contribution is 9.11. The Bertz CT molecular complexity index is 403. The number of aliphatic hydroxyl groups is 1. The van der Waals surface area contributed by atoms with E-state index in [0.29, 0.717) is 19.8 Å². The third kappa shape index (κ3) is 3.09. The second kappa shape index (κ2) is 5.80. The van der Waals surface area contributed by atoms with Crippen LogP contribution in [0.4, 0.5) is 0 Å². The third-order valence-electron chi connectivity index (χ3n) is 2.79. The van der Waals surface area contributed by atoms with Crippen molar-refractivity contribution in [1.82, 2.24) is 0 Å². The molecule has 2 atom stereocenters. The number of hydrogen-bond donors (Lipinski definition) is 1. The van der Waals surface area contributed by atoms with Crippen molar-refractivity contribution in [3.63, 3.8) is 0 Å². The maximum Gasteiger partial charge on any atom is 0.111 e. The summed E-state index contributed by atoms with van der Waals surface area (Å²) in [6.45, 7) is 3.57. The molecule has 17 heavy (non-hydrogen) atoms. The van der Waals surface area contributed by atoms with Gasteiger partial charge in [0.2, 0.25) is 0 Å². The van der Waals surface area contributed by atoms with Crippen molar-refractivity contribution in [3.05, 3.63) is 32.2 Å². The molecular weight excluding hydrogens is 352 g/mol. The Morgan fingerprint density at radius 3 is 2.71 bits per heavy atom. The van der Waals surface area contributed by atoms with Crippen LogP contribution in [0.2, 0.25) is 0 Å². The molecule has 2 rings (SSSR count). The average Bonchev–Trinajstić information content (AvgIpc) is 2.34. The van der Waals surface area contributed by atoms with E-state index in [1.807, 2.05) is 19.1 Å². The van der Waals surface area contributed by atoms with Gasteiger partial charge in [-0.05, 0) is 30.2 Å². The lowest BCUT2D eigenvalue weighted by Gasteiger charge is -2.28. The van der Waals surface area contributed by atoms with Gasteiger partial charge in [0.15, 0.2) is 0 Å². The van der Waals surface area contributed by atoms with Gasteiger partial charge in [-0.3, -0.25) is 0 Å². The van der Waals surface area contributed by atoms with Gasteiger partial charge in [0.25, 0.3) is 0 Å². The summed E-state index contributed by atoms with van der Waals surface area (Å²) in [5.74, 6) is 0. The molecule has 94 valence electrons. The Morgan fingerprint density at radius 1 is 1.29 bits per heavy atom. The van der Waals surface area contributed by atoms with Crippen LogP contribution in [-0.2, 0) is 9.47 Å². The van der Waals surface area contributed by atoms with Crippen LogP contribution in [-0.4, -0.2) is 31.0 Å². The number of aryl methyl sites for hydroxylation is 1. The Kier molecular flexibility index (Phi) is 4.60. The summed E-state index contributed by atoms with van der Waals surface area (Å²) in [6.07, 6.45) is -0.976. The summed E-state index contributed by atoms with van der Waals surface area (Å²) in [6, 6.07) is 3.90. The highest BCUT2D eigenvalue weighted by Gasteiger charge is 2.26. The topological polar surface area (TPSA) is 38.7 Å². The molecule has 1 aromatic rings. The zero-order valence-electron chi connectivity index (χ0n) is 9.45. The minimum Gasteiger partial charge on any atom is -0.386 e. The zero-order chi connectivity index (χ0) is 12.4. The normalized spacial score (nSPS) is 22.5. The van der Waals surface area contributed by atoms with Gasteiger partial charge in [-0.15, -0.1) is 0 Å². The molecule has 0 saturated carbocycles. The predicted molar refractivity (Wildman–Crippen MR) is 72.1 cm³/mol. The second-order valence-corrected chi connectivity index (χ2v) is 5.76. The first-order chi connectivity index (χ1) is 8.09. The van der Waals surface area contributed by atoms with Crippen LogP contribution in [0, 0.1) is 6.92 Å². The number of benzene rings is 1. The van der Waals surface area contributed by atoms with Crippen molar-refractivity contribution in [2.75, 3.05) is 19.8 Å². The molecule has 1 N–H and O–H groups in total. The Hall–Kier alpha value is 0.0600. The number of ether oxygens (including phenoxy) is 2. The van der Waals surface area contributed by atoms with Crippen molar-refractivity contribution in [2.45, 2.75) is 19.1 Å². The van der Waals surface area contributed by atoms with E-state index in [9.17, 15) is 5.11 Å². The fourth-order valence-corrected chi connectivity index (χ4v) is 2.83. The maximum absolute atomic E-state index is 10.3. The van der Waals surface area contributed by atoms with Crippen molar-refractivity contribution in [3.8, 4) is 0 Å². The average molecular weight is 366 g/mol. The first-order valence-corrected chi connectivity index (χ1v) is 7.01. The molecule has 1 aliphatic rings. The highest BCUT2D eigenvalue weighted by Crippen LogP contribution is 2.32. The lowest BCUT2D eigenvalue weighted by atomic mass is 10.0. The Balaban J connectivity index is 2.23. The van der Waals surface area contributed by atoms with E-state index in [1.54, 1.807) is 0 Å². The number of hydrogen-bond acceptors (Lipinski definition) is 3. The smallest absolute Gasteiger partial charge is 0.111 e. The fraction of sp³-hybridized carbons (Fsp3) is 0.500. The molecule has 3 nitrogen and oxygen atoms in total. The van der Waals surface area contributed by atoms with Gasteiger partial charge in [-0.2, -0.15) is 0 Å². The summed E-state index contributed by atoms with van der Waals surface area (Å²) in [7, 11) is 0. The van der Waals surface area contributed by atoms with Gasteiger partial charge in [0, 0.05) is 8.95 Å². The molecule has 1 aliphatic heterocycles. The van der Waals surface area contributed by atoms with E-state index >= 15 is 0 Å². The molecule has 1 fully saturated rings. The van der Waals surface area contributed by atoms with Gasteiger partial charge in [0.05, 0.1) is 19.8 Å². The minimum atomic E-state index is -0.679. The predicted octanol–water partition coefficient (Wildman–Crippen LogP) is 2.97. The molecular formula is C12H14Br2O3. The third-order valence-corrected chi connectivity index (χ3v) is 4.33. The fourth-order valence-electron chi connectivity index (χ4n) is 1.78. The molecule has 0 aromatic heterocycles. The molecule has 0 radical (unpaired) electrons. The van der Waals surface area contributed by atoms with E-state index in [2.05, 4.69) is 31.9 Å². The van der Waals surface area contributed by atoms with Crippen molar-refractivity contribution in [2.24, 2.45) is 0 Å². The van der Waals surface area contributed by atoms with Crippen molar-refractivity contribution in [1.29, 1.82) is 0 Å². The molecule has 5 heteroatoms. The van der Waals surface area contributed by atoms with Gasteiger partial charge >= 0.3 is 0 Å². The van der Waals surface area contributed by atoms with Crippen LogP contribution in [0.3, 0.4) is 0 Å². The Labute approximate surface area is 117 Å². The van der Waals surface area contributed by atoms with E-state index in [4.69, 9.17) is 9.47 Å². The SMILES string of the molecule is Cc1cc(Br)c(C(O)C2COCCO2)cc1Br. The summed E-state index contributed by atoms with van der Waals surface area (Å²) >= 11 is 6.94. The van der Waals surface area contributed by atoms with Gasteiger partial charge < -0.3 is 14.6 Å². The Morgan fingerprint density at radius 2 is 2.06 bits per heavy atom. The molecule has 1 saturated heterocycles. The summed E-state index contributed by atoms with van der Waals surface area (Å²) in [4.78, 5) is 0. The molecule has 0 spiro atoms. The van der Waals surface area contributed by atoms with Gasteiger partial charge in [0.1, 0.15) is 12.2 Å². The minimum absolute atomic E-state index is 0.297. The standard InChI is InChI=1S/C12H14Br2O3/c1-7-4-10(14)8(5-9(7)13)12(15)11-6-16-2-3-17-11/h4-5,11-12,15H,2-3,6H2,1H3. The molecule has 0 amide bonds. The van der Waals surface area contributed by atoms with E-state index < -0.39 is 6.10 Å². The largest absolute Gasteiger partial charge is 0.386 e. The number of halogens is 2. The second-order valence-electron chi connectivity index (χ2n) is 4.05. The highest BCUT2D eigenvalue weighted by atomic mass is 79.9. The monoisotopic (exact) mass is 364 g/mol. The van der Waals surface area contributed by atoms with Crippen molar-refractivity contribution < 1.29 is 14.6 Å². The molecule has 2 unspecified atom stereocenters. The van der Waals surface area contributed by atoms with Crippen LogP contribution in [0.25, 0.3) is 0 Å². The quantitative estimate of drug-likeness (QED) is 0.875. The lowest BCUT2D eigenvalue weighted by molar-refractivity contribution is -0.133. The number of rotatable bonds is 2. The van der Waals surface area contributed by atoms with Gasteiger partial charge in [-0.25, -0.2) is 0 Å². The van der Waals surface area contributed by atoms with Crippen molar-refractivity contribution >= 4 is 31.9 Å². The zero-order valence-corrected chi connectivity index (χ0v) is 12.6. The first kappa shape index (κ1) is 13.5. The maximum atomic E-state index is 10.3. The molecule has 1 aromatic carbocycles. The van der Waals surface area contributed by atoms with E-state index in [0.717, 1.165) is 20.1 Å². The van der Waals surface area contributed by atoms with Crippen LogP contribution < -0.4 is 0 Å². The lowest BCUT2D eigenvalue weighted by Crippen LogP contribution is -2.34. The first-order valence-electron chi connectivity index (χ1n) is 5.42. The summed E-state index contributed by atoms with van der Waals surface area (Å²) in [5, 5.41) is 10.3. The summed E-state index contributed by atoms with van der Waals surface area (Å²) < 4.78 is 12.7. The van der Waals surface area contributed by atoms with Crippen LogP contribution in [0.1, 0.15) is 17.2 Å². The number of aliphatic hydroxyl groups excluding tert-OH is 1. The van der Waals surface area contributed by atoms with Gasteiger partial charge in [-0.1, -0.05) is 31.9 Å². The van der Waals surface area contributed by atoms with Crippen LogP contribution in [0.15, 0.2) is 21.1 Å². The van der Waals surface area contributed by atoms with E-state index in [-0.39, 0.29) is 6.10 Å². The molecule has 0 aliphatic carbocycles. The summed E-state index contributed by atoms with van der Waals surface area (Å²) in [5.41, 5.74) is 1.94. The van der Waals surface area contributed by atoms with Crippen LogP contribution in [0.5, 0.6) is 0 Å². The van der Waals surface area contributed by atoms with Crippen LogP contribution >= 0.6 is 31.9 Å². The van der Waals surface area contributed by atoms with E-state index in [1.165, 1.54) is 0 Å².